The van der Waals surface area contributed by atoms with E-state index in [-0.39, 0.29) is 18.8 Å². The molecule has 5 nitrogen and oxygen atoms in total. The zero-order valence-corrected chi connectivity index (χ0v) is 18.2. The molecule has 0 amide bonds. The van der Waals surface area contributed by atoms with Crippen LogP contribution in [0.4, 0.5) is 0 Å². The van der Waals surface area contributed by atoms with E-state index in [4.69, 9.17) is 37.4 Å². The summed E-state index contributed by atoms with van der Waals surface area (Å²) < 4.78 is 16.7. The van der Waals surface area contributed by atoms with Gasteiger partial charge in [0.25, 0.3) is 0 Å². The predicted octanol–water partition coefficient (Wildman–Crippen LogP) is 5.81. The molecule has 0 bridgehead atoms. The molecule has 0 spiro atoms. The van der Waals surface area contributed by atoms with Gasteiger partial charge in [0, 0.05) is 4.47 Å². The van der Waals surface area contributed by atoms with E-state index in [2.05, 4.69) is 15.9 Å². The highest BCUT2D eigenvalue weighted by molar-refractivity contribution is 9.10. The Hall–Kier alpha value is -2.20. The molecular weight excluding hydrogens is 469 g/mol. The third-order valence-electron chi connectivity index (χ3n) is 3.58. The van der Waals surface area contributed by atoms with Crippen molar-refractivity contribution in [1.82, 2.24) is 0 Å². The molecule has 2 aromatic rings. The molecule has 0 N–H and O–H groups in total. The van der Waals surface area contributed by atoms with E-state index in [9.17, 15) is 10.1 Å². The smallest absolute Gasteiger partial charge is 0.348 e. The van der Waals surface area contributed by atoms with Gasteiger partial charge in [-0.1, -0.05) is 45.2 Å². The SMILES string of the molecule is CCOC(=O)/C(C#N)=C/c1cc(OC)c(OCc2ccc(Cl)c(Cl)c2)cc1Br. The van der Waals surface area contributed by atoms with Crippen molar-refractivity contribution in [2.75, 3.05) is 13.7 Å². The van der Waals surface area contributed by atoms with Crippen LogP contribution in [0.5, 0.6) is 11.5 Å². The fourth-order valence-corrected chi connectivity index (χ4v) is 2.98. The summed E-state index contributed by atoms with van der Waals surface area (Å²) in [5.74, 6) is 0.235. The van der Waals surface area contributed by atoms with E-state index in [0.717, 1.165) is 5.56 Å². The molecule has 0 aromatic heterocycles. The largest absolute Gasteiger partial charge is 0.493 e. The molecule has 8 heteroatoms. The van der Waals surface area contributed by atoms with E-state index in [1.807, 2.05) is 12.1 Å². The van der Waals surface area contributed by atoms with Crippen LogP contribution in [0.3, 0.4) is 0 Å². The number of esters is 1. The van der Waals surface area contributed by atoms with Crippen molar-refractivity contribution < 1.29 is 19.0 Å². The Kier molecular flexibility index (Phi) is 8.18. The van der Waals surface area contributed by atoms with Gasteiger partial charge in [0.15, 0.2) is 11.5 Å². The maximum absolute atomic E-state index is 11.8. The minimum atomic E-state index is -0.684. The number of methoxy groups -OCH3 is 1. The summed E-state index contributed by atoms with van der Waals surface area (Å²) in [6.07, 6.45) is 1.42. The summed E-state index contributed by atoms with van der Waals surface area (Å²) in [5, 5.41) is 10.1. The van der Waals surface area contributed by atoms with E-state index in [1.165, 1.54) is 13.2 Å². The Labute approximate surface area is 181 Å². The van der Waals surface area contributed by atoms with Gasteiger partial charge in [-0.2, -0.15) is 5.26 Å². The summed E-state index contributed by atoms with van der Waals surface area (Å²) in [6, 6.07) is 10.4. The van der Waals surface area contributed by atoms with Gasteiger partial charge in [-0.3, -0.25) is 0 Å². The number of ether oxygens (including phenoxy) is 3. The number of halogens is 3. The Bertz CT molecular complexity index is 954. The lowest BCUT2D eigenvalue weighted by Gasteiger charge is -2.13. The van der Waals surface area contributed by atoms with E-state index < -0.39 is 5.97 Å². The lowest BCUT2D eigenvalue weighted by atomic mass is 10.1. The average Bonchev–Trinajstić information content (AvgIpc) is 2.68. The Morgan fingerprint density at radius 1 is 1.21 bits per heavy atom. The summed E-state index contributed by atoms with van der Waals surface area (Å²) >= 11 is 15.4. The molecule has 0 saturated carbocycles. The summed E-state index contributed by atoms with van der Waals surface area (Å²) in [6.45, 7) is 2.11. The number of nitriles is 1. The molecule has 2 rings (SSSR count). The number of carbonyl (C=O) groups excluding carboxylic acids is 1. The maximum atomic E-state index is 11.8. The first-order chi connectivity index (χ1) is 13.4. The maximum Gasteiger partial charge on any atom is 0.348 e. The lowest BCUT2D eigenvalue weighted by molar-refractivity contribution is -0.137. The van der Waals surface area contributed by atoms with Crippen molar-refractivity contribution in [1.29, 1.82) is 5.26 Å². The van der Waals surface area contributed by atoms with Crippen LogP contribution in [0, 0.1) is 11.3 Å². The van der Waals surface area contributed by atoms with E-state index in [0.29, 0.717) is 31.6 Å². The zero-order chi connectivity index (χ0) is 20.7. The topological polar surface area (TPSA) is 68.6 Å². The van der Waals surface area contributed by atoms with Crippen LogP contribution in [0.1, 0.15) is 18.1 Å². The van der Waals surface area contributed by atoms with Gasteiger partial charge in [-0.05, 0) is 48.4 Å². The minimum Gasteiger partial charge on any atom is -0.493 e. The Morgan fingerprint density at radius 3 is 2.57 bits per heavy atom. The highest BCUT2D eigenvalue weighted by Gasteiger charge is 2.14. The fourth-order valence-electron chi connectivity index (χ4n) is 2.23. The quantitative estimate of drug-likeness (QED) is 0.281. The van der Waals surface area contributed by atoms with Crippen molar-refractivity contribution in [3.05, 3.63) is 61.5 Å². The molecule has 0 heterocycles. The molecule has 0 aliphatic rings. The first-order valence-corrected chi connectivity index (χ1v) is 9.67. The second-order valence-corrected chi connectivity index (χ2v) is 7.12. The number of carbonyl (C=O) groups is 1. The monoisotopic (exact) mass is 483 g/mol. The number of rotatable bonds is 7. The Morgan fingerprint density at radius 2 is 1.96 bits per heavy atom. The van der Waals surface area contributed by atoms with Crippen molar-refractivity contribution in [2.24, 2.45) is 0 Å². The van der Waals surface area contributed by atoms with E-state index >= 15 is 0 Å². The van der Waals surface area contributed by atoms with Gasteiger partial charge in [-0.15, -0.1) is 0 Å². The van der Waals surface area contributed by atoms with Crippen molar-refractivity contribution in [3.8, 4) is 17.6 Å². The molecule has 0 fully saturated rings. The summed E-state index contributed by atoms with van der Waals surface area (Å²) in [4.78, 5) is 11.8. The first kappa shape index (κ1) is 22.1. The molecular formula is C20H16BrCl2NO4. The molecule has 2 aromatic carbocycles. The second-order valence-electron chi connectivity index (χ2n) is 5.45. The molecule has 0 unspecified atom stereocenters. The molecule has 0 saturated heterocycles. The van der Waals surface area contributed by atoms with Gasteiger partial charge < -0.3 is 14.2 Å². The van der Waals surface area contributed by atoms with Crippen LogP contribution in [-0.2, 0) is 16.1 Å². The van der Waals surface area contributed by atoms with Crippen LogP contribution in [0.15, 0.2) is 40.4 Å². The number of hydrogen-bond donors (Lipinski definition) is 0. The molecule has 0 aliphatic carbocycles. The Balaban J connectivity index is 2.28. The first-order valence-electron chi connectivity index (χ1n) is 8.12. The third kappa shape index (κ3) is 5.65. The second kappa shape index (κ2) is 10.4. The standard InChI is InChI=1S/C20H16BrCl2NO4/c1-3-27-20(25)14(10-24)7-13-8-18(26-2)19(9-15(13)21)28-11-12-4-5-16(22)17(23)6-12/h4-9H,3,11H2,1-2H3/b14-7+. The average molecular weight is 485 g/mol. The van der Waals surface area contributed by atoms with Gasteiger partial charge in [0.1, 0.15) is 18.2 Å². The molecule has 0 aliphatic heterocycles. The van der Waals surface area contributed by atoms with Crippen LogP contribution >= 0.6 is 39.1 Å². The van der Waals surface area contributed by atoms with Crippen LogP contribution in [0.2, 0.25) is 10.0 Å². The molecule has 28 heavy (non-hydrogen) atoms. The van der Waals surface area contributed by atoms with Gasteiger partial charge in [0.05, 0.1) is 23.8 Å². The highest BCUT2D eigenvalue weighted by Crippen LogP contribution is 2.35. The minimum absolute atomic E-state index is 0.117. The van der Waals surface area contributed by atoms with Gasteiger partial charge in [-0.25, -0.2) is 4.79 Å². The van der Waals surface area contributed by atoms with Crippen LogP contribution in [0.25, 0.3) is 6.08 Å². The van der Waals surface area contributed by atoms with Crippen molar-refractivity contribution in [3.63, 3.8) is 0 Å². The summed E-state index contributed by atoms with van der Waals surface area (Å²) in [7, 11) is 1.50. The molecule has 146 valence electrons. The molecule has 0 radical (unpaired) electrons. The number of hydrogen-bond acceptors (Lipinski definition) is 5. The van der Waals surface area contributed by atoms with Crippen LogP contribution in [-0.4, -0.2) is 19.7 Å². The number of nitrogens with zero attached hydrogens (tertiary/aromatic N) is 1. The highest BCUT2D eigenvalue weighted by atomic mass is 79.9. The fraction of sp³-hybridized carbons (Fsp3) is 0.200. The normalized spacial score (nSPS) is 10.9. The van der Waals surface area contributed by atoms with Crippen molar-refractivity contribution >= 4 is 51.2 Å². The van der Waals surface area contributed by atoms with E-state index in [1.54, 1.807) is 31.2 Å². The van der Waals surface area contributed by atoms with Gasteiger partial charge in [0.2, 0.25) is 0 Å². The third-order valence-corrected chi connectivity index (χ3v) is 5.00. The number of benzene rings is 2. The summed E-state index contributed by atoms with van der Waals surface area (Å²) in [5.41, 5.74) is 1.29. The lowest BCUT2D eigenvalue weighted by Crippen LogP contribution is -2.06. The molecule has 0 atom stereocenters. The zero-order valence-electron chi connectivity index (χ0n) is 15.1. The van der Waals surface area contributed by atoms with Gasteiger partial charge >= 0.3 is 5.97 Å². The predicted molar refractivity (Wildman–Crippen MR) is 112 cm³/mol. The van der Waals surface area contributed by atoms with Crippen LogP contribution < -0.4 is 9.47 Å². The van der Waals surface area contributed by atoms with Crippen molar-refractivity contribution in [2.45, 2.75) is 13.5 Å².